The minimum Gasteiger partial charge on any atom is -0.496 e. The van der Waals surface area contributed by atoms with Crippen LogP contribution in [0.15, 0.2) is 6.20 Å². The highest BCUT2D eigenvalue weighted by atomic mass is 32.2. The van der Waals surface area contributed by atoms with Crippen molar-refractivity contribution in [2.45, 2.75) is 39.8 Å². The zero-order valence-corrected chi connectivity index (χ0v) is 12.9. The molecule has 1 heterocycles. The first-order valence-electron chi connectivity index (χ1n) is 6.31. The molecule has 18 heavy (non-hydrogen) atoms. The van der Waals surface area contributed by atoms with E-state index in [1.54, 1.807) is 7.11 Å². The fourth-order valence-corrected chi connectivity index (χ4v) is 2.51. The van der Waals surface area contributed by atoms with E-state index in [9.17, 15) is 0 Å². The van der Waals surface area contributed by atoms with Crippen molar-refractivity contribution < 1.29 is 4.74 Å². The number of aryl methyl sites for hydroxylation is 1. The Balaban J connectivity index is 2.62. The second kappa shape index (κ2) is 7.64. The summed E-state index contributed by atoms with van der Waals surface area (Å²) in [6.07, 6.45) is 5.21. The quantitative estimate of drug-likeness (QED) is 0.824. The maximum Gasteiger partial charge on any atom is 0.128 e. The lowest BCUT2D eigenvalue weighted by Gasteiger charge is -2.16. The summed E-state index contributed by atoms with van der Waals surface area (Å²) in [5.41, 5.74) is 3.31. The molecule has 0 saturated heterocycles. The standard InChI is InChI=1S/C14H24N2OS/c1-10-8-16-13(12(3)14(10)17-4)9-15-11(2)6-7-18-5/h8,11,15H,6-7,9H2,1-5H3. The van der Waals surface area contributed by atoms with Crippen LogP contribution in [0.25, 0.3) is 0 Å². The van der Waals surface area contributed by atoms with E-state index in [-0.39, 0.29) is 0 Å². The number of aromatic nitrogens is 1. The molecule has 0 fully saturated rings. The van der Waals surface area contributed by atoms with Crippen molar-refractivity contribution >= 4 is 11.8 Å². The fraction of sp³-hybridized carbons (Fsp3) is 0.643. The number of methoxy groups -OCH3 is 1. The zero-order valence-electron chi connectivity index (χ0n) is 12.0. The molecule has 0 aliphatic rings. The number of pyridine rings is 1. The van der Waals surface area contributed by atoms with E-state index in [0.29, 0.717) is 6.04 Å². The van der Waals surface area contributed by atoms with Gasteiger partial charge in [-0.2, -0.15) is 11.8 Å². The Bertz CT molecular complexity index is 382. The summed E-state index contributed by atoms with van der Waals surface area (Å²) in [5.74, 6) is 2.15. The maximum absolute atomic E-state index is 5.42. The molecule has 1 aromatic heterocycles. The summed E-state index contributed by atoms with van der Waals surface area (Å²) in [7, 11) is 1.72. The van der Waals surface area contributed by atoms with Gasteiger partial charge in [0.25, 0.3) is 0 Å². The van der Waals surface area contributed by atoms with E-state index in [1.165, 1.54) is 12.2 Å². The van der Waals surface area contributed by atoms with Crippen molar-refractivity contribution in [3.05, 3.63) is 23.0 Å². The highest BCUT2D eigenvalue weighted by Crippen LogP contribution is 2.23. The van der Waals surface area contributed by atoms with Crippen molar-refractivity contribution in [1.29, 1.82) is 0 Å². The average molecular weight is 268 g/mol. The van der Waals surface area contributed by atoms with E-state index in [0.717, 1.165) is 29.1 Å². The molecule has 0 aliphatic carbocycles. The van der Waals surface area contributed by atoms with Gasteiger partial charge in [-0.05, 0) is 39.2 Å². The molecule has 0 spiro atoms. The van der Waals surface area contributed by atoms with Gasteiger partial charge >= 0.3 is 0 Å². The summed E-state index contributed by atoms with van der Waals surface area (Å²) < 4.78 is 5.42. The largest absolute Gasteiger partial charge is 0.496 e. The van der Waals surface area contributed by atoms with E-state index in [1.807, 2.05) is 24.9 Å². The summed E-state index contributed by atoms with van der Waals surface area (Å²) in [6.45, 7) is 7.12. The van der Waals surface area contributed by atoms with Crippen LogP contribution in [0.5, 0.6) is 5.75 Å². The van der Waals surface area contributed by atoms with Crippen LogP contribution in [0.2, 0.25) is 0 Å². The summed E-state index contributed by atoms with van der Waals surface area (Å²) in [5, 5.41) is 3.51. The van der Waals surface area contributed by atoms with Gasteiger partial charge in [0.15, 0.2) is 0 Å². The van der Waals surface area contributed by atoms with Crippen LogP contribution in [0, 0.1) is 13.8 Å². The Morgan fingerprint density at radius 3 is 2.78 bits per heavy atom. The topological polar surface area (TPSA) is 34.1 Å². The predicted octanol–water partition coefficient (Wildman–Crippen LogP) is 2.94. The molecule has 0 amide bonds. The first-order chi connectivity index (χ1) is 8.60. The van der Waals surface area contributed by atoms with Gasteiger partial charge < -0.3 is 10.1 Å². The first kappa shape index (κ1) is 15.3. The molecule has 102 valence electrons. The number of thioether (sulfide) groups is 1. The normalized spacial score (nSPS) is 12.5. The first-order valence-corrected chi connectivity index (χ1v) is 7.71. The molecule has 1 N–H and O–H groups in total. The van der Waals surface area contributed by atoms with E-state index in [2.05, 4.69) is 30.4 Å². The summed E-state index contributed by atoms with van der Waals surface area (Å²) in [6, 6.07) is 0.519. The molecule has 1 unspecified atom stereocenters. The second-order valence-electron chi connectivity index (χ2n) is 4.61. The van der Waals surface area contributed by atoms with Crippen LogP contribution in [-0.2, 0) is 6.54 Å². The van der Waals surface area contributed by atoms with Gasteiger partial charge in [0, 0.05) is 29.9 Å². The zero-order chi connectivity index (χ0) is 13.5. The van der Waals surface area contributed by atoms with Crippen molar-refractivity contribution in [3.63, 3.8) is 0 Å². The second-order valence-corrected chi connectivity index (χ2v) is 5.60. The number of rotatable bonds is 7. The molecule has 4 heteroatoms. The fourth-order valence-electron chi connectivity index (χ4n) is 1.92. The van der Waals surface area contributed by atoms with E-state index < -0.39 is 0 Å². The number of ether oxygens (including phenoxy) is 1. The molecular weight excluding hydrogens is 244 g/mol. The van der Waals surface area contributed by atoms with Crippen LogP contribution in [0.3, 0.4) is 0 Å². The Kier molecular flexibility index (Phi) is 6.50. The number of nitrogens with one attached hydrogen (secondary N) is 1. The SMILES string of the molecule is COc1c(C)cnc(CNC(C)CCSC)c1C. The molecule has 0 bridgehead atoms. The van der Waals surface area contributed by atoms with Crippen LogP contribution in [0.1, 0.15) is 30.2 Å². The lowest BCUT2D eigenvalue weighted by atomic mass is 10.1. The number of nitrogens with zero attached hydrogens (tertiary/aromatic N) is 1. The van der Waals surface area contributed by atoms with Crippen molar-refractivity contribution in [2.75, 3.05) is 19.1 Å². The molecule has 0 saturated carbocycles. The lowest BCUT2D eigenvalue weighted by molar-refractivity contribution is 0.406. The molecule has 0 aliphatic heterocycles. The van der Waals surface area contributed by atoms with E-state index in [4.69, 9.17) is 4.74 Å². The molecule has 1 rings (SSSR count). The monoisotopic (exact) mass is 268 g/mol. The van der Waals surface area contributed by atoms with Gasteiger partial charge in [-0.3, -0.25) is 4.98 Å². The summed E-state index contributed by atoms with van der Waals surface area (Å²) >= 11 is 1.89. The van der Waals surface area contributed by atoms with Crippen LogP contribution >= 0.6 is 11.8 Å². The lowest BCUT2D eigenvalue weighted by Crippen LogP contribution is -2.26. The average Bonchev–Trinajstić information content (AvgIpc) is 2.36. The van der Waals surface area contributed by atoms with Gasteiger partial charge in [0.1, 0.15) is 5.75 Å². The highest BCUT2D eigenvalue weighted by molar-refractivity contribution is 7.98. The van der Waals surface area contributed by atoms with Crippen LogP contribution < -0.4 is 10.1 Å². The van der Waals surface area contributed by atoms with Crippen molar-refractivity contribution in [2.24, 2.45) is 0 Å². The Morgan fingerprint density at radius 2 is 2.17 bits per heavy atom. The van der Waals surface area contributed by atoms with Crippen LogP contribution in [0.4, 0.5) is 0 Å². The Labute approximate surface area is 115 Å². The van der Waals surface area contributed by atoms with Gasteiger partial charge in [0.05, 0.1) is 12.8 Å². The molecule has 3 nitrogen and oxygen atoms in total. The van der Waals surface area contributed by atoms with Crippen molar-refractivity contribution in [1.82, 2.24) is 10.3 Å². The van der Waals surface area contributed by atoms with Gasteiger partial charge in [-0.1, -0.05) is 0 Å². The van der Waals surface area contributed by atoms with E-state index >= 15 is 0 Å². The third-order valence-electron chi connectivity index (χ3n) is 3.12. The van der Waals surface area contributed by atoms with Gasteiger partial charge in [0.2, 0.25) is 0 Å². The Morgan fingerprint density at radius 1 is 1.44 bits per heavy atom. The molecule has 0 radical (unpaired) electrons. The smallest absolute Gasteiger partial charge is 0.128 e. The highest BCUT2D eigenvalue weighted by Gasteiger charge is 2.10. The predicted molar refractivity (Wildman–Crippen MR) is 79.6 cm³/mol. The van der Waals surface area contributed by atoms with Crippen molar-refractivity contribution in [3.8, 4) is 5.75 Å². The number of hydrogen-bond donors (Lipinski definition) is 1. The minimum absolute atomic E-state index is 0.519. The summed E-state index contributed by atoms with van der Waals surface area (Å²) in [4.78, 5) is 4.49. The third kappa shape index (κ3) is 4.18. The third-order valence-corrected chi connectivity index (χ3v) is 3.77. The van der Waals surface area contributed by atoms with Gasteiger partial charge in [-0.25, -0.2) is 0 Å². The molecular formula is C14H24N2OS. The maximum atomic E-state index is 5.42. The van der Waals surface area contributed by atoms with Gasteiger partial charge in [-0.15, -0.1) is 0 Å². The van der Waals surface area contributed by atoms with Crippen LogP contribution in [-0.4, -0.2) is 30.1 Å². The molecule has 1 atom stereocenters. The Hall–Kier alpha value is -0.740. The minimum atomic E-state index is 0.519. The molecule has 1 aromatic rings. The molecule has 0 aromatic carbocycles. The number of hydrogen-bond acceptors (Lipinski definition) is 4.